The molecule has 0 saturated carbocycles. The van der Waals surface area contributed by atoms with E-state index in [1.165, 1.54) is 18.2 Å². The second-order valence-electron chi connectivity index (χ2n) is 6.24. The maximum atomic E-state index is 12.8. The van der Waals surface area contributed by atoms with Crippen molar-refractivity contribution in [3.63, 3.8) is 0 Å². The lowest BCUT2D eigenvalue weighted by atomic mass is 10.1. The van der Waals surface area contributed by atoms with Crippen LogP contribution in [0.15, 0.2) is 47.4 Å². The number of hydrogen-bond acceptors (Lipinski definition) is 8. The van der Waals surface area contributed by atoms with Crippen LogP contribution in [0.1, 0.15) is 21.5 Å². The fourth-order valence-electron chi connectivity index (χ4n) is 2.74. The number of morpholine rings is 1. The minimum absolute atomic E-state index is 0.0695. The van der Waals surface area contributed by atoms with Crippen LogP contribution in [-0.4, -0.2) is 48.5 Å². The summed E-state index contributed by atoms with van der Waals surface area (Å²) in [6.07, 6.45) is -1.16. The molecule has 2 aromatic rings. The minimum Gasteiger partial charge on any atom is -0.391 e. The Labute approximate surface area is 177 Å². The van der Waals surface area contributed by atoms with E-state index in [4.69, 9.17) is 21.1 Å². The number of nitrogens with one attached hydrogen (secondary N) is 2. The van der Waals surface area contributed by atoms with Gasteiger partial charge in [-0.05, 0) is 48.3 Å². The van der Waals surface area contributed by atoms with Gasteiger partial charge in [-0.2, -0.15) is 5.26 Å². The van der Waals surface area contributed by atoms with E-state index in [2.05, 4.69) is 14.4 Å². The van der Waals surface area contributed by atoms with E-state index in [0.717, 1.165) is 18.0 Å². The van der Waals surface area contributed by atoms with Crippen molar-refractivity contribution in [1.82, 2.24) is 4.31 Å². The maximum Gasteiger partial charge on any atom is 0.411 e. The zero-order chi connectivity index (χ0) is 21.5. The molecule has 154 valence electrons. The number of benzene rings is 2. The topological polar surface area (TPSA) is 142 Å². The van der Waals surface area contributed by atoms with Crippen LogP contribution in [0.3, 0.4) is 0 Å². The van der Waals surface area contributed by atoms with E-state index in [-0.39, 0.29) is 16.8 Å². The average Bonchev–Trinajstić information content (AvgIpc) is 2.74. The lowest BCUT2D eigenvalue weighted by molar-refractivity contribution is 0.0773. The smallest absolute Gasteiger partial charge is 0.391 e. The number of nitrogens with two attached hydrogens (primary N) is 1. The molecule has 4 N–H and O–H groups in total. The summed E-state index contributed by atoms with van der Waals surface area (Å²) < 4.78 is 12.1. The van der Waals surface area contributed by atoms with Gasteiger partial charge in [-0.25, -0.2) is 9.10 Å². The number of amides is 2. The number of hydrogen-bond donors (Lipinski definition) is 3. The summed E-state index contributed by atoms with van der Waals surface area (Å²) in [5.41, 5.74) is 5.92. The number of primary amides is 1. The Morgan fingerprint density at radius 2 is 2.00 bits per heavy atom. The fraction of sp³-hybridized carbons (Fsp3) is 0.200. The van der Waals surface area contributed by atoms with E-state index in [0.29, 0.717) is 18.8 Å². The Morgan fingerprint density at radius 3 is 2.70 bits per heavy atom. The number of nitriles is 1. The molecule has 0 radical (unpaired) electrons. The van der Waals surface area contributed by atoms with Gasteiger partial charge in [-0.15, -0.1) is 0 Å². The van der Waals surface area contributed by atoms with Crippen molar-refractivity contribution in [3.8, 4) is 6.07 Å². The summed E-state index contributed by atoms with van der Waals surface area (Å²) in [6.45, 7) is 2.96. The molecule has 0 unspecified atom stereocenters. The average molecular weight is 425 g/mol. The number of ether oxygens (including phenoxy) is 2. The Hall–Kier alpha value is -3.39. The molecule has 2 amide bonds. The lowest BCUT2D eigenvalue weighted by Gasteiger charge is -2.25. The molecule has 1 aliphatic heterocycles. The van der Waals surface area contributed by atoms with E-state index in [9.17, 15) is 9.59 Å². The van der Waals surface area contributed by atoms with E-state index in [1.807, 2.05) is 12.1 Å². The molecule has 1 aliphatic rings. The Kier molecular flexibility index (Phi) is 7.03. The Morgan fingerprint density at radius 1 is 1.23 bits per heavy atom. The number of carbonyl (C=O) groups excluding carboxylic acids is 2. The largest absolute Gasteiger partial charge is 0.411 e. The zero-order valence-corrected chi connectivity index (χ0v) is 16.7. The first kappa shape index (κ1) is 21.3. The first-order valence-corrected chi connectivity index (χ1v) is 9.76. The van der Waals surface area contributed by atoms with Gasteiger partial charge in [0, 0.05) is 23.5 Å². The van der Waals surface area contributed by atoms with E-state index < -0.39 is 17.9 Å². The summed E-state index contributed by atoms with van der Waals surface area (Å²) in [6, 6.07) is 13.4. The molecular formula is C20H19N5O4S. The van der Waals surface area contributed by atoms with Crippen molar-refractivity contribution in [2.24, 2.45) is 5.73 Å². The summed E-state index contributed by atoms with van der Waals surface area (Å²) in [5, 5.41) is 19.7. The van der Waals surface area contributed by atoms with Crippen molar-refractivity contribution >= 4 is 35.5 Å². The normalized spacial score (nSPS) is 13.8. The van der Waals surface area contributed by atoms with Gasteiger partial charge in [0.05, 0.1) is 36.1 Å². The predicted molar refractivity (Wildman–Crippen MR) is 111 cm³/mol. The second kappa shape index (κ2) is 9.89. The number of nitrogens with zero attached hydrogens (tertiary/aromatic N) is 2. The molecule has 0 spiro atoms. The molecule has 1 fully saturated rings. The molecule has 10 heteroatoms. The Balaban J connectivity index is 1.78. The summed E-state index contributed by atoms with van der Waals surface area (Å²) in [5.74, 6) is -0.969. The highest BCUT2D eigenvalue weighted by Gasteiger charge is 2.17. The van der Waals surface area contributed by atoms with Gasteiger partial charge in [0.2, 0.25) is 5.90 Å². The summed E-state index contributed by atoms with van der Waals surface area (Å²) in [4.78, 5) is 24.7. The zero-order valence-electron chi connectivity index (χ0n) is 15.9. The third kappa shape index (κ3) is 5.57. The van der Waals surface area contributed by atoms with Crippen molar-refractivity contribution in [2.45, 2.75) is 4.90 Å². The van der Waals surface area contributed by atoms with Crippen molar-refractivity contribution in [2.75, 3.05) is 31.6 Å². The van der Waals surface area contributed by atoms with Gasteiger partial charge in [0.25, 0.3) is 5.91 Å². The molecule has 9 nitrogen and oxygen atoms in total. The van der Waals surface area contributed by atoms with E-state index >= 15 is 0 Å². The molecule has 3 rings (SSSR count). The van der Waals surface area contributed by atoms with Crippen molar-refractivity contribution < 1.29 is 19.1 Å². The summed E-state index contributed by atoms with van der Waals surface area (Å²) >= 11 is 1.55. The molecule has 1 saturated heterocycles. The fourth-order valence-corrected chi connectivity index (χ4v) is 3.69. The minimum atomic E-state index is -1.16. The van der Waals surface area contributed by atoms with E-state index in [1.54, 1.807) is 30.1 Å². The first-order valence-electron chi connectivity index (χ1n) is 8.98. The number of anilines is 1. The molecule has 0 aliphatic carbocycles. The van der Waals surface area contributed by atoms with Gasteiger partial charge >= 0.3 is 6.09 Å². The van der Waals surface area contributed by atoms with Crippen LogP contribution < -0.4 is 11.1 Å². The lowest BCUT2D eigenvalue weighted by Crippen LogP contribution is -2.30. The molecule has 0 aromatic heterocycles. The van der Waals surface area contributed by atoms with Crippen molar-refractivity contribution in [3.05, 3.63) is 59.2 Å². The summed E-state index contributed by atoms with van der Waals surface area (Å²) in [7, 11) is 0. The van der Waals surface area contributed by atoms with Gasteiger partial charge in [0.1, 0.15) is 0 Å². The predicted octanol–water partition coefficient (Wildman–Crippen LogP) is 2.57. The van der Waals surface area contributed by atoms with Gasteiger partial charge in [-0.1, -0.05) is 6.07 Å². The molecule has 1 heterocycles. The third-order valence-electron chi connectivity index (χ3n) is 4.14. The van der Waals surface area contributed by atoms with Gasteiger partial charge in [-0.3, -0.25) is 10.2 Å². The molecular weight excluding hydrogens is 406 g/mol. The van der Waals surface area contributed by atoms with Crippen LogP contribution in [0, 0.1) is 16.7 Å². The molecule has 0 bridgehead atoms. The molecule has 2 aromatic carbocycles. The van der Waals surface area contributed by atoms with Crippen LogP contribution in [-0.2, 0) is 9.47 Å². The van der Waals surface area contributed by atoms with Crippen LogP contribution in [0.4, 0.5) is 10.5 Å². The molecule has 30 heavy (non-hydrogen) atoms. The number of carbonyl (C=O) groups is 2. The SMILES string of the molecule is N#Cc1ccc(NC(=O)c2cccc(SN3CCOCC3)c2)c(C(=N)OC(N)=O)c1. The monoisotopic (exact) mass is 425 g/mol. The van der Waals surface area contributed by atoms with Crippen molar-refractivity contribution in [1.29, 1.82) is 10.7 Å². The molecule has 0 atom stereocenters. The Bertz CT molecular complexity index is 1010. The third-order valence-corrected chi connectivity index (χ3v) is 5.23. The maximum absolute atomic E-state index is 12.8. The highest BCUT2D eigenvalue weighted by atomic mass is 32.2. The van der Waals surface area contributed by atoms with Crippen LogP contribution >= 0.6 is 11.9 Å². The number of rotatable bonds is 5. The standard InChI is InChI=1S/C20H19N5O4S/c21-12-13-4-5-17(16(10-13)18(22)29-20(23)27)24-19(26)14-2-1-3-15(11-14)30-25-6-8-28-9-7-25/h1-5,10-11,22H,6-9H2,(H2,23,27)(H,24,26). The highest BCUT2D eigenvalue weighted by molar-refractivity contribution is 7.97. The quantitative estimate of drug-likeness (QED) is 0.380. The van der Waals surface area contributed by atoms with Crippen LogP contribution in [0.25, 0.3) is 0 Å². The van der Waals surface area contributed by atoms with Gasteiger partial charge in [0.15, 0.2) is 0 Å². The van der Waals surface area contributed by atoms with Crippen LogP contribution in [0.5, 0.6) is 0 Å². The van der Waals surface area contributed by atoms with Gasteiger partial charge < -0.3 is 20.5 Å². The van der Waals surface area contributed by atoms with Crippen LogP contribution in [0.2, 0.25) is 0 Å². The highest BCUT2D eigenvalue weighted by Crippen LogP contribution is 2.25. The second-order valence-corrected chi connectivity index (χ2v) is 7.41. The first-order chi connectivity index (χ1) is 14.5.